The van der Waals surface area contributed by atoms with E-state index in [1.807, 2.05) is 35.7 Å². The summed E-state index contributed by atoms with van der Waals surface area (Å²) in [7, 11) is 0. The van der Waals surface area contributed by atoms with Crippen LogP contribution in [-0.4, -0.2) is 34.4 Å². The molecule has 0 radical (unpaired) electrons. The molecule has 2 aromatic carbocycles. The van der Waals surface area contributed by atoms with Crippen molar-refractivity contribution in [3.8, 4) is 0 Å². The molecule has 1 saturated heterocycles. The van der Waals surface area contributed by atoms with Crippen LogP contribution in [0, 0.1) is 15.9 Å². The van der Waals surface area contributed by atoms with Crippen LogP contribution in [0.4, 0.5) is 15.8 Å². The van der Waals surface area contributed by atoms with Gasteiger partial charge in [0.05, 0.1) is 15.1 Å². The number of hydrogen-bond donors (Lipinski definition) is 1. The van der Waals surface area contributed by atoms with Gasteiger partial charge < -0.3 is 10.1 Å². The Morgan fingerprint density at radius 1 is 1.20 bits per heavy atom. The molecule has 1 atom stereocenters. The molecule has 7 nitrogen and oxygen atoms in total. The van der Waals surface area contributed by atoms with Gasteiger partial charge in [-0.2, -0.15) is 4.39 Å². The Balaban J connectivity index is 1.59. The minimum absolute atomic E-state index is 0.0304. The van der Waals surface area contributed by atoms with Crippen LogP contribution in [0.25, 0.3) is 0 Å². The van der Waals surface area contributed by atoms with Crippen LogP contribution in [0.15, 0.2) is 42.5 Å². The number of nitro groups is 1. The van der Waals surface area contributed by atoms with E-state index in [1.165, 1.54) is 19.4 Å². The molecule has 2 aromatic rings. The van der Waals surface area contributed by atoms with Crippen molar-refractivity contribution < 1.29 is 23.6 Å². The minimum atomic E-state index is -1.15. The van der Waals surface area contributed by atoms with Crippen LogP contribution in [0.2, 0.25) is 0 Å². The van der Waals surface area contributed by atoms with Crippen LogP contribution in [0.3, 0.4) is 0 Å². The number of carbonyl (C=O) groups is 2. The third-order valence-corrected chi connectivity index (χ3v) is 7.32. The average molecular weight is 451 g/mol. The molecule has 1 unspecified atom stereocenters. The maximum atomic E-state index is 13.4. The molecule has 1 N–H and O–H groups in total. The molecule has 30 heavy (non-hydrogen) atoms. The molecule has 0 aromatic heterocycles. The highest BCUT2D eigenvalue weighted by atomic mass is 32.2. The minimum Gasteiger partial charge on any atom is -0.449 e. The summed E-state index contributed by atoms with van der Waals surface area (Å²) in [5.41, 5.74) is 0.723. The predicted octanol–water partition coefficient (Wildman–Crippen LogP) is 4.79. The molecule has 1 aliphatic rings. The fourth-order valence-electron chi connectivity index (χ4n) is 2.71. The Morgan fingerprint density at radius 3 is 2.50 bits per heavy atom. The number of halogens is 1. The molecule has 3 rings (SSSR count). The van der Waals surface area contributed by atoms with Gasteiger partial charge in [0, 0.05) is 11.8 Å². The average Bonchev–Trinajstić information content (AvgIpc) is 2.75. The molecule has 1 fully saturated rings. The van der Waals surface area contributed by atoms with E-state index in [9.17, 15) is 24.1 Å². The van der Waals surface area contributed by atoms with Gasteiger partial charge in [-0.05, 0) is 54.7 Å². The number of benzene rings is 2. The van der Waals surface area contributed by atoms with E-state index < -0.39 is 34.4 Å². The first-order valence-electron chi connectivity index (χ1n) is 9.14. The van der Waals surface area contributed by atoms with Gasteiger partial charge in [0.2, 0.25) is 5.82 Å². The molecule has 1 amide bonds. The number of esters is 1. The summed E-state index contributed by atoms with van der Waals surface area (Å²) in [6, 6.07) is 10.1. The van der Waals surface area contributed by atoms with E-state index in [1.54, 1.807) is 12.1 Å². The molecule has 0 aliphatic carbocycles. The summed E-state index contributed by atoms with van der Waals surface area (Å²) in [4.78, 5) is 34.5. The normalized spacial score (nSPS) is 15.3. The molecule has 1 heterocycles. The molecule has 158 valence electrons. The second-order valence-electron chi connectivity index (χ2n) is 6.51. The fourth-order valence-corrected chi connectivity index (χ4v) is 5.61. The van der Waals surface area contributed by atoms with E-state index in [2.05, 4.69) is 5.32 Å². The van der Waals surface area contributed by atoms with Crippen LogP contribution in [0.5, 0.6) is 0 Å². The number of nitrogens with zero attached hydrogens (tertiary/aromatic N) is 1. The largest absolute Gasteiger partial charge is 0.449 e. The van der Waals surface area contributed by atoms with Crippen LogP contribution >= 0.6 is 23.5 Å². The molecule has 0 saturated carbocycles. The Labute approximate surface area is 180 Å². The molecule has 0 spiro atoms. The van der Waals surface area contributed by atoms with Crippen LogP contribution in [0.1, 0.15) is 33.8 Å². The summed E-state index contributed by atoms with van der Waals surface area (Å²) >= 11 is 3.76. The lowest BCUT2D eigenvalue weighted by Gasteiger charge is -2.21. The summed E-state index contributed by atoms with van der Waals surface area (Å²) in [6.45, 7) is 1.38. The van der Waals surface area contributed by atoms with Gasteiger partial charge in [-0.15, -0.1) is 23.5 Å². The Kier molecular flexibility index (Phi) is 7.33. The Hall–Kier alpha value is -2.59. The van der Waals surface area contributed by atoms with E-state index in [0.29, 0.717) is 10.1 Å². The van der Waals surface area contributed by atoms with E-state index in [0.717, 1.165) is 29.2 Å². The standard InChI is InChI=1S/C20H19FN2O5S2/c1-12(18(24)22-15-7-8-16(21)17(11-15)23(26)27)28-19(25)13-3-5-14(6-4-13)20-29-9-2-10-30-20/h3-8,11-12,20H,2,9-10H2,1H3,(H,22,24). The molecule has 0 bridgehead atoms. The van der Waals surface area contributed by atoms with Crippen molar-refractivity contribution in [2.75, 3.05) is 16.8 Å². The highest BCUT2D eigenvalue weighted by Crippen LogP contribution is 2.43. The smallest absolute Gasteiger partial charge is 0.338 e. The van der Waals surface area contributed by atoms with Gasteiger partial charge >= 0.3 is 11.7 Å². The highest BCUT2D eigenvalue weighted by Gasteiger charge is 2.22. The van der Waals surface area contributed by atoms with Crippen molar-refractivity contribution in [2.24, 2.45) is 0 Å². The first-order valence-corrected chi connectivity index (χ1v) is 11.2. The summed E-state index contributed by atoms with van der Waals surface area (Å²) < 4.78 is 18.9. The first-order chi connectivity index (χ1) is 14.3. The number of anilines is 1. The van der Waals surface area contributed by atoms with Gasteiger partial charge in [-0.3, -0.25) is 14.9 Å². The number of carbonyl (C=O) groups excluding carboxylic acids is 2. The molecular weight excluding hydrogens is 431 g/mol. The van der Waals surface area contributed by atoms with Gasteiger partial charge in [-0.25, -0.2) is 4.79 Å². The molecular formula is C20H19FN2O5S2. The van der Waals surface area contributed by atoms with E-state index in [4.69, 9.17) is 4.74 Å². The van der Waals surface area contributed by atoms with E-state index >= 15 is 0 Å². The second kappa shape index (κ2) is 9.94. The van der Waals surface area contributed by atoms with Crippen molar-refractivity contribution in [1.29, 1.82) is 0 Å². The lowest BCUT2D eigenvalue weighted by Crippen LogP contribution is -2.30. The Bertz CT molecular complexity index is 949. The van der Waals surface area contributed by atoms with Crippen molar-refractivity contribution in [2.45, 2.75) is 24.0 Å². The van der Waals surface area contributed by atoms with Gasteiger partial charge in [0.1, 0.15) is 0 Å². The summed E-state index contributed by atoms with van der Waals surface area (Å²) in [5.74, 6) is -0.114. The zero-order valence-electron chi connectivity index (χ0n) is 16.0. The number of thioether (sulfide) groups is 2. The quantitative estimate of drug-likeness (QED) is 0.384. The zero-order chi connectivity index (χ0) is 21.7. The van der Waals surface area contributed by atoms with Gasteiger partial charge in [0.15, 0.2) is 6.10 Å². The number of nitrogens with one attached hydrogen (secondary N) is 1. The monoisotopic (exact) mass is 450 g/mol. The number of nitro benzene ring substituents is 1. The van der Waals surface area contributed by atoms with E-state index in [-0.39, 0.29) is 5.69 Å². The third kappa shape index (κ3) is 5.51. The number of ether oxygens (including phenoxy) is 1. The van der Waals surface area contributed by atoms with Crippen molar-refractivity contribution in [3.63, 3.8) is 0 Å². The maximum Gasteiger partial charge on any atom is 0.338 e. The number of amides is 1. The Morgan fingerprint density at radius 2 is 1.87 bits per heavy atom. The predicted molar refractivity (Wildman–Crippen MR) is 115 cm³/mol. The van der Waals surface area contributed by atoms with Crippen molar-refractivity contribution in [3.05, 3.63) is 69.5 Å². The number of rotatable bonds is 6. The summed E-state index contributed by atoms with van der Waals surface area (Å²) in [6.07, 6.45) is 0.0484. The fraction of sp³-hybridized carbons (Fsp3) is 0.300. The summed E-state index contributed by atoms with van der Waals surface area (Å²) in [5, 5.41) is 13.2. The topological polar surface area (TPSA) is 98.5 Å². The molecule has 10 heteroatoms. The van der Waals surface area contributed by atoms with Gasteiger partial charge in [0.25, 0.3) is 5.91 Å². The van der Waals surface area contributed by atoms with Crippen LogP contribution < -0.4 is 5.32 Å². The van der Waals surface area contributed by atoms with Gasteiger partial charge in [-0.1, -0.05) is 12.1 Å². The lowest BCUT2D eigenvalue weighted by atomic mass is 10.1. The third-order valence-electron chi connectivity index (χ3n) is 4.31. The highest BCUT2D eigenvalue weighted by molar-refractivity contribution is 8.16. The second-order valence-corrected chi connectivity index (χ2v) is 9.23. The lowest BCUT2D eigenvalue weighted by molar-refractivity contribution is -0.387. The van der Waals surface area contributed by atoms with Crippen molar-refractivity contribution in [1.82, 2.24) is 0 Å². The molecule has 1 aliphatic heterocycles. The number of hydrogen-bond acceptors (Lipinski definition) is 7. The SMILES string of the molecule is CC(OC(=O)c1ccc(C2SCCCS2)cc1)C(=O)Nc1ccc(F)c([N+](=O)[O-])c1. The van der Waals surface area contributed by atoms with Crippen LogP contribution in [-0.2, 0) is 9.53 Å². The first kappa shape index (κ1) is 22.1. The maximum absolute atomic E-state index is 13.4. The van der Waals surface area contributed by atoms with Crippen molar-refractivity contribution >= 4 is 46.8 Å². The zero-order valence-corrected chi connectivity index (χ0v) is 17.6.